The Morgan fingerprint density at radius 2 is 1.92 bits per heavy atom. The Bertz CT molecular complexity index is 1530. The zero-order chi connectivity index (χ0) is 27.7. The molecule has 1 N–H and O–H groups in total. The molecule has 2 atom stereocenters. The summed E-state index contributed by atoms with van der Waals surface area (Å²) in [5.74, 6) is -0.105. The van der Waals surface area contributed by atoms with Gasteiger partial charge in [-0.25, -0.2) is 19.2 Å². The number of aromatic nitrogens is 3. The first-order chi connectivity index (χ1) is 18.7. The summed E-state index contributed by atoms with van der Waals surface area (Å²) in [6, 6.07) is 9.45. The Kier molecular flexibility index (Phi) is 7.01. The van der Waals surface area contributed by atoms with Crippen molar-refractivity contribution in [3.05, 3.63) is 59.5 Å². The average molecular weight is 537 g/mol. The predicted molar refractivity (Wildman–Crippen MR) is 135 cm³/mol. The molecule has 0 saturated carbocycles. The van der Waals surface area contributed by atoms with Crippen molar-refractivity contribution >= 4 is 23.3 Å². The van der Waals surface area contributed by atoms with Crippen molar-refractivity contribution in [3.63, 3.8) is 0 Å². The molecule has 1 fully saturated rings. The van der Waals surface area contributed by atoms with Crippen LogP contribution in [0.3, 0.4) is 0 Å². The molecule has 2 aromatic heterocycles. The monoisotopic (exact) mass is 536 g/mol. The number of aryl methyl sites for hydroxylation is 2. The van der Waals surface area contributed by atoms with Crippen LogP contribution in [0.5, 0.6) is 17.5 Å². The van der Waals surface area contributed by atoms with E-state index < -0.39 is 24.3 Å². The van der Waals surface area contributed by atoms with Crippen LogP contribution in [-0.4, -0.2) is 55.9 Å². The number of carboxylic acid groups (broad SMARTS) is 1. The molecule has 1 amide bonds. The normalized spacial score (nSPS) is 15.8. The highest BCUT2D eigenvalue weighted by Crippen LogP contribution is 2.33. The summed E-state index contributed by atoms with van der Waals surface area (Å²) < 4.78 is 36.1. The first-order valence-corrected chi connectivity index (χ1v) is 12.2. The van der Waals surface area contributed by atoms with Crippen molar-refractivity contribution in [1.82, 2.24) is 19.9 Å². The van der Waals surface area contributed by atoms with Crippen LogP contribution in [0.2, 0.25) is 0 Å². The number of nitrogens with zero attached hydrogens (tertiary/aromatic N) is 4. The van der Waals surface area contributed by atoms with E-state index in [2.05, 4.69) is 15.0 Å². The molecule has 0 bridgehead atoms. The number of oxazole rings is 1. The number of likely N-dealkylation sites (tertiary alicyclic amines) is 1. The molecule has 2 aromatic carbocycles. The van der Waals surface area contributed by atoms with Crippen LogP contribution in [0.1, 0.15) is 30.9 Å². The van der Waals surface area contributed by atoms with Gasteiger partial charge in [-0.3, -0.25) is 4.79 Å². The molecule has 202 valence electrons. The number of fused-ring (bicyclic) bond motifs is 1. The number of hydrogen-bond acceptors (Lipinski definition) is 9. The van der Waals surface area contributed by atoms with E-state index in [0.717, 1.165) is 11.1 Å². The number of ether oxygens (including phenoxy) is 3. The minimum Gasteiger partial charge on any atom is -0.480 e. The average Bonchev–Trinajstić information content (AvgIpc) is 3.53. The van der Waals surface area contributed by atoms with Crippen molar-refractivity contribution in [2.24, 2.45) is 0 Å². The number of rotatable bonds is 7. The molecule has 3 heterocycles. The molecule has 1 unspecified atom stereocenters. The molecule has 0 spiro atoms. The highest BCUT2D eigenvalue weighted by molar-refractivity contribution is 5.82. The molecular formula is C27H25FN4O7. The third-order valence-electron chi connectivity index (χ3n) is 6.23. The van der Waals surface area contributed by atoms with Crippen molar-refractivity contribution in [1.29, 1.82) is 0 Å². The second-order valence-electron chi connectivity index (χ2n) is 9.11. The summed E-state index contributed by atoms with van der Waals surface area (Å²) in [6.45, 7) is 5.68. The van der Waals surface area contributed by atoms with Gasteiger partial charge in [-0.2, -0.15) is 4.98 Å². The maximum Gasteiger partial charge on any atom is 0.507 e. The SMILES string of the molecule is Cc1cc(-c2nc3cnc(Oc4ccccc4F)nc3o2)cc(C)c1OC(C)C(=O)N1CCC[C@@H]1OC(=O)O. The van der Waals surface area contributed by atoms with E-state index in [0.29, 0.717) is 36.2 Å². The number of halogens is 1. The first kappa shape index (κ1) is 25.9. The van der Waals surface area contributed by atoms with Gasteiger partial charge in [0.1, 0.15) is 11.3 Å². The fraction of sp³-hybridized carbons (Fsp3) is 0.296. The molecule has 0 aliphatic carbocycles. The van der Waals surface area contributed by atoms with Crippen LogP contribution in [0.4, 0.5) is 9.18 Å². The van der Waals surface area contributed by atoms with Crippen LogP contribution >= 0.6 is 0 Å². The maximum absolute atomic E-state index is 13.9. The summed E-state index contributed by atoms with van der Waals surface area (Å²) in [5.41, 5.74) is 2.69. The molecule has 5 rings (SSSR count). The van der Waals surface area contributed by atoms with Crippen molar-refractivity contribution in [2.45, 2.75) is 45.9 Å². The van der Waals surface area contributed by atoms with Crippen molar-refractivity contribution in [3.8, 4) is 29.0 Å². The minimum atomic E-state index is -1.42. The fourth-order valence-electron chi connectivity index (χ4n) is 4.47. The minimum absolute atomic E-state index is 0.0131. The van der Waals surface area contributed by atoms with E-state index in [-0.39, 0.29) is 29.3 Å². The second kappa shape index (κ2) is 10.6. The van der Waals surface area contributed by atoms with E-state index in [1.54, 1.807) is 31.2 Å². The van der Waals surface area contributed by atoms with E-state index >= 15 is 0 Å². The Balaban J connectivity index is 1.33. The van der Waals surface area contributed by atoms with E-state index in [1.165, 1.54) is 23.2 Å². The topological polar surface area (TPSA) is 137 Å². The molecular weight excluding hydrogens is 511 g/mol. The lowest BCUT2D eigenvalue weighted by molar-refractivity contribution is -0.145. The summed E-state index contributed by atoms with van der Waals surface area (Å²) in [7, 11) is 0. The predicted octanol–water partition coefficient (Wildman–Crippen LogP) is 5.24. The zero-order valence-corrected chi connectivity index (χ0v) is 21.4. The van der Waals surface area contributed by atoms with E-state index in [9.17, 15) is 14.0 Å². The third kappa shape index (κ3) is 5.44. The molecule has 1 saturated heterocycles. The zero-order valence-electron chi connectivity index (χ0n) is 21.4. The second-order valence-corrected chi connectivity index (χ2v) is 9.11. The van der Waals surface area contributed by atoms with Gasteiger partial charge in [0.2, 0.25) is 5.89 Å². The largest absolute Gasteiger partial charge is 0.507 e. The van der Waals surface area contributed by atoms with Gasteiger partial charge in [-0.1, -0.05) is 12.1 Å². The Hall–Kier alpha value is -4.74. The third-order valence-corrected chi connectivity index (χ3v) is 6.23. The molecule has 1 aliphatic rings. The molecule has 39 heavy (non-hydrogen) atoms. The molecule has 0 radical (unpaired) electrons. The molecule has 4 aromatic rings. The Morgan fingerprint density at radius 1 is 1.18 bits per heavy atom. The number of hydrogen-bond donors (Lipinski definition) is 1. The summed E-state index contributed by atoms with van der Waals surface area (Å²) in [5, 5.41) is 8.94. The summed E-state index contributed by atoms with van der Waals surface area (Å²) >= 11 is 0. The summed E-state index contributed by atoms with van der Waals surface area (Å²) in [4.78, 5) is 38.0. The smallest absolute Gasteiger partial charge is 0.480 e. The highest BCUT2D eigenvalue weighted by Gasteiger charge is 2.35. The molecule has 1 aliphatic heterocycles. The number of benzene rings is 2. The lowest BCUT2D eigenvalue weighted by Crippen LogP contribution is -2.44. The van der Waals surface area contributed by atoms with E-state index in [1.807, 2.05) is 13.8 Å². The number of carbonyl (C=O) groups is 2. The number of para-hydroxylation sites is 1. The van der Waals surface area contributed by atoms with Gasteiger partial charge < -0.3 is 28.6 Å². The molecule has 12 heteroatoms. The van der Waals surface area contributed by atoms with Gasteiger partial charge in [0.15, 0.2) is 23.9 Å². The number of amides is 1. The van der Waals surface area contributed by atoms with Gasteiger partial charge in [0.05, 0.1) is 6.20 Å². The van der Waals surface area contributed by atoms with Crippen molar-refractivity contribution < 1.29 is 37.7 Å². The van der Waals surface area contributed by atoms with Crippen LogP contribution in [-0.2, 0) is 9.53 Å². The lowest BCUT2D eigenvalue weighted by Gasteiger charge is -2.27. The first-order valence-electron chi connectivity index (χ1n) is 12.2. The van der Waals surface area contributed by atoms with Gasteiger partial charge in [-0.05, 0) is 62.6 Å². The Labute approximate surface area is 222 Å². The van der Waals surface area contributed by atoms with Gasteiger partial charge in [0.25, 0.3) is 11.6 Å². The Morgan fingerprint density at radius 3 is 2.64 bits per heavy atom. The van der Waals surface area contributed by atoms with E-state index in [4.69, 9.17) is 23.7 Å². The maximum atomic E-state index is 13.9. The fourth-order valence-corrected chi connectivity index (χ4v) is 4.47. The summed E-state index contributed by atoms with van der Waals surface area (Å²) in [6.07, 6.45) is -0.577. The molecule has 11 nitrogen and oxygen atoms in total. The van der Waals surface area contributed by atoms with Crippen LogP contribution in [0.25, 0.3) is 22.7 Å². The lowest BCUT2D eigenvalue weighted by atomic mass is 10.1. The van der Waals surface area contributed by atoms with Crippen LogP contribution < -0.4 is 9.47 Å². The number of carbonyl (C=O) groups excluding carboxylic acids is 1. The van der Waals surface area contributed by atoms with Crippen LogP contribution in [0, 0.1) is 19.7 Å². The van der Waals surface area contributed by atoms with Gasteiger partial charge in [-0.15, -0.1) is 0 Å². The standard InChI is InChI=1S/C27H25FN4O7/c1-14-11-17(12-15(2)22(14)36-16(3)25(33)32-10-6-9-21(32)38-27(34)35)23-30-19-13-29-26(31-24(19)39-23)37-20-8-5-4-7-18(20)28/h4-5,7-8,11-13,16,21H,6,9-10H2,1-3H3,(H,34,35)/t16?,21-/m0/s1. The van der Waals surface area contributed by atoms with Crippen molar-refractivity contribution in [2.75, 3.05) is 6.54 Å². The van der Waals surface area contributed by atoms with Crippen LogP contribution in [0.15, 0.2) is 47.0 Å². The quantitative estimate of drug-likeness (QED) is 0.312. The highest BCUT2D eigenvalue weighted by atomic mass is 19.1. The van der Waals surface area contributed by atoms with Gasteiger partial charge >= 0.3 is 12.2 Å². The van der Waals surface area contributed by atoms with Gasteiger partial charge in [0, 0.05) is 18.5 Å².